The minimum absolute atomic E-state index is 0.380. The van der Waals surface area contributed by atoms with E-state index in [0.29, 0.717) is 18.9 Å². The Labute approximate surface area is 192 Å². The first-order valence-corrected chi connectivity index (χ1v) is 12.6. The summed E-state index contributed by atoms with van der Waals surface area (Å²) < 4.78 is 0. The molecule has 0 fully saturated rings. The number of hydrogen-bond acceptors (Lipinski definition) is 4. The van der Waals surface area contributed by atoms with Crippen molar-refractivity contribution in [2.45, 2.75) is 87.7 Å². The Balaban J connectivity index is 1.60. The molecule has 0 bridgehead atoms. The molecule has 3 unspecified atom stereocenters. The number of rotatable bonds is 11. The predicted molar refractivity (Wildman–Crippen MR) is 132 cm³/mol. The number of hydrogen-bond donors (Lipinski definition) is 2. The quantitative estimate of drug-likeness (QED) is 0.393. The maximum Gasteiger partial charge on any atom is 0.100 e. The highest BCUT2D eigenvalue weighted by Gasteiger charge is 2.34. The first-order chi connectivity index (χ1) is 14.8. The van der Waals surface area contributed by atoms with Crippen LogP contribution in [0.3, 0.4) is 0 Å². The van der Waals surface area contributed by atoms with Gasteiger partial charge in [-0.05, 0) is 49.4 Å². The van der Waals surface area contributed by atoms with Crippen molar-refractivity contribution in [2.75, 3.05) is 11.4 Å². The lowest BCUT2D eigenvalue weighted by Gasteiger charge is -2.38. The van der Waals surface area contributed by atoms with Crippen molar-refractivity contribution >= 4 is 23.1 Å². The predicted octanol–water partition coefficient (Wildman–Crippen LogP) is 7.03. The third-order valence-electron chi connectivity index (χ3n) is 6.46. The maximum atomic E-state index is 11.1. The summed E-state index contributed by atoms with van der Waals surface area (Å²) in [6.45, 7) is 9.04. The van der Waals surface area contributed by atoms with Gasteiger partial charge in [0.15, 0.2) is 0 Å². The monoisotopic (exact) mass is 441 g/mol. The zero-order valence-electron chi connectivity index (χ0n) is 19.6. The zero-order chi connectivity index (χ0) is 22.4. The number of aliphatic hydroxyl groups excluding tert-OH is 1. The fourth-order valence-corrected chi connectivity index (χ4v) is 5.44. The first-order valence-electron chi connectivity index (χ1n) is 11.8. The number of para-hydroxylation sites is 2. The van der Waals surface area contributed by atoms with Crippen molar-refractivity contribution in [1.29, 1.82) is 0 Å². The summed E-state index contributed by atoms with van der Waals surface area (Å²) in [6.07, 6.45) is 5.66. The van der Waals surface area contributed by atoms with E-state index in [1.807, 2.05) is 24.3 Å². The summed E-state index contributed by atoms with van der Waals surface area (Å²) in [5, 5.41) is 22.1. The Hall–Kier alpha value is -1.49. The summed E-state index contributed by atoms with van der Waals surface area (Å²) in [5.74, 6) is 1.44. The van der Waals surface area contributed by atoms with E-state index < -0.39 is 11.7 Å². The average molecular weight is 442 g/mol. The summed E-state index contributed by atoms with van der Waals surface area (Å²) in [7, 11) is 0. The van der Waals surface area contributed by atoms with Crippen molar-refractivity contribution in [1.82, 2.24) is 0 Å². The molecule has 0 amide bonds. The SMILES string of the molecule is CC(C)CCCC(C)CCCC(C)(O)C(O)CN1c2ccccc2Sc2ccccc21. The molecule has 0 spiro atoms. The zero-order valence-corrected chi connectivity index (χ0v) is 20.4. The molecule has 1 heterocycles. The highest BCUT2D eigenvalue weighted by atomic mass is 32.2. The largest absolute Gasteiger partial charge is 0.388 e. The molecule has 0 radical (unpaired) electrons. The summed E-state index contributed by atoms with van der Waals surface area (Å²) in [4.78, 5) is 4.53. The Morgan fingerprint density at radius 1 is 0.871 bits per heavy atom. The summed E-state index contributed by atoms with van der Waals surface area (Å²) in [5.41, 5.74) is 1.09. The van der Waals surface area contributed by atoms with Crippen LogP contribution in [0, 0.1) is 11.8 Å². The molecule has 4 heteroatoms. The van der Waals surface area contributed by atoms with Gasteiger partial charge in [0.05, 0.1) is 23.5 Å². The maximum absolute atomic E-state index is 11.1. The molecule has 2 aromatic carbocycles. The van der Waals surface area contributed by atoms with Crippen molar-refractivity contribution in [3.8, 4) is 0 Å². The second-order valence-corrected chi connectivity index (χ2v) is 10.9. The highest BCUT2D eigenvalue weighted by Crippen LogP contribution is 2.48. The lowest BCUT2D eigenvalue weighted by Crippen LogP contribution is -2.46. The van der Waals surface area contributed by atoms with E-state index in [4.69, 9.17) is 0 Å². The van der Waals surface area contributed by atoms with Crippen LogP contribution < -0.4 is 4.90 Å². The minimum Gasteiger partial charge on any atom is -0.388 e. The smallest absolute Gasteiger partial charge is 0.100 e. The van der Waals surface area contributed by atoms with Crippen LogP contribution in [-0.2, 0) is 0 Å². The lowest BCUT2D eigenvalue weighted by atomic mass is 9.88. The number of nitrogens with zero attached hydrogens (tertiary/aromatic N) is 1. The van der Waals surface area contributed by atoms with E-state index in [1.165, 1.54) is 29.1 Å². The molecule has 3 atom stereocenters. The van der Waals surface area contributed by atoms with Gasteiger partial charge in [-0.1, -0.05) is 88.9 Å². The molecule has 0 aliphatic carbocycles. The molecule has 0 aromatic heterocycles. The fraction of sp³-hybridized carbons (Fsp3) is 0.556. The molecule has 3 nitrogen and oxygen atoms in total. The number of fused-ring (bicyclic) bond motifs is 2. The molecule has 0 saturated heterocycles. The highest BCUT2D eigenvalue weighted by molar-refractivity contribution is 7.99. The third kappa shape index (κ3) is 6.50. The third-order valence-corrected chi connectivity index (χ3v) is 7.59. The molecule has 3 rings (SSSR count). The second-order valence-electron chi connectivity index (χ2n) is 9.84. The lowest BCUT2D eigenvalue weighted by molar-refractivity contribution is -0.0635. The van der Waals surface area contributed by atoms with Crippen LogP contribution in [-0.4, -0.2) is 28.5 Å². The standard InChI is InChI=1S/C27H39NO2S/c1-20(2)11-9-12-21(3)13-10-18-27(4,30)26(29)19-28-22-14-5-7-16-24(22)31-25-17-8-6-15-23(25)28/h5-8,14-17,20-21,26,29-30H,9-13,18-19H2,1-4H3. The molecular formula is C27H39NO2S. The van der Waals surface area contributed by atoms with Crippen LogP contribution in [0.1, 0.15) is 66.2 Å². The number of aliphatic hydroxyl groups is 2. The number of benzene rings is 2. The van der Waals surface area contributed by atoms with E-state index in [-0.39, 0.29) is 0 Å². The molecule has 2 aromatic rings. The van der Waals surface area contributed by atoms with Gasteiger partial charge in [0, 0.05) is 9.79 Å². The normalized spacial score (nSPS) is 17.1. The van der Waals surface area contributed by atoms with Crippen LogP contribution >= 0.6 is 11.8 Å². The topological polar surface area (TPSA) is 43.7 Å². The van der Waals surface area contributed by atoms with Crippen LogP contribution in [0.4, 0.5) is 11.4 Å². The van der Waals surface area contributed by atoms with Gasteiger partial charge in [-0.25, -0.2) is 0 Å². The van der Waals surface area contributed by atoms with Gasteiger partial charge >= 0.3 is 0 Å². The Morgan fingerprint density at radius 3 is 2.00 bits per heavy atom. The molecule has 31 heavy (non-hydrogen) atoms. The average Bonchev–Trinajstić information content (AvgIpc) is 2.73. The van der Waals surface area contributed by atoms with E-state index in [2.05, 4.69) is 49.9 Å². The molecule has 0 saturated carbocycles. The van der Waals surface area contributed by atoms with Crippen LogP contribution in [0.5, 0.6) is 0 Å². The van der Waals surface area contributed by atoms with E-state index in [0.717, 1.165) is 30.1 Å². The molecular weight excluding hydrogens is 402 g/mol. The molecule has 2 N–H and O–H groups in total. The molecule has 170 valence electrons. The molecule has 1 aliphatic heterocycles. The van der Waals surface area contributed by atoms with Crippen LogP contribution in [0.15, 0.2) is 58.3 Å². The first kappa shape index (κ1) is 24.2. The van der Waals surface area contributed by atoms with E-state index in [1.54, 1.807) is 18.7 Å². The van der Waals surface area contributed by atoms with Gasteiger partial charge in [-0.3, -0.25) is 0 Å². The Bertz CT molecular complexity index is 790. The van der Waals surface area contributed by atoms with Gasteiger partial charge < -0.3 is 15.1 Å². The Kier molecular flexibility index (Phi) is 8.49. The van der Waals surface area contributed by atoms with Gasteiger partial charge in [-0.15, -0.1) is 0 Å². The van der Waals surface area contributed by atoms with Gasteiger partial charge in [0.1, 0.15) is 6.10 Å². The van der Waals surface area contributed by atoms with Crippen LogP contribution in [0.25, 0.3) is 0 Å². The summed E-state index contributed by atoms with van der Waals surface area (Å²) >= 11 is 1.76. The van der Waals surface area contributed by atoms with Gasteiger partial charge in [-0.2, -0.15) is 0 Å². The molecule has 1 aliphatic rings. The number of β-amino-alcohol motifs (C(OH)–C–C–N with tert-alkyl or cyclic N) is 1. The van der Waals surface area contributed by atoms with Crippen molar-refractivity contribution in [3.63, 3.8) is 0 Å². The Morgan fingerprint density at radius 2 is 1.42 bits per heavy atom. The summed E-state index contributed by atoms with van der Waals surface area (Å²) in [6, 6.07) is 16.6. The second kappa shape index (κ2) is 10.9. The minimum atomic E-state index is -1.11. The van der Waals surface area contributed by atoms with Gasteiger partial charge in [0.25, 0.3) is 0 Å². The van der Waals surface area contributed by atoms with Crippen LogP contribution in [0.2, 0.25) is 0 Å². The van der Waals surface area contributed by atoms with Crippen molar-refractivity contribution in [3.05, 3.63) is 48.5 Å². The van der Waals surface area contributed by atoms with E-state index in [9.17, 15) is 10.2 Å². The van der Waals surface area contributed by atoms with Crippen molar-refractivity contribution in [2.24, 2.45) is 11.8 Å². The number of anilines is 2. The fourth-order valence-electron chi connectivity index (χ4n) is 4.34. The van der Waals surface area contributed by atoms with E-state index >= 15 is 0 Å². The van der Waals surface area contributed by atoms with Gasteiger partial charge in [0.2, 0.25) is 0 Å². The van der Waals surface area contributed by atoms with Crippen molar-refractivity contribution < 1.29 is 10.2 Å².